The molecule has 0 saturated heterocycles. The molecular weight excluding hydrogens is 220 g/mol. The number of rotatable bonds is 1. The molecule has 1 nitrogen and oxygen atoms in total. The zero-order valence-corrected chi connectivity index (χ0v) is 10.5. The SMILES string of the molecule is OCc1ccc2c3c1C=C[C@H]1CCC[C@@H](C=C2)C31. The fourth-order valence-corrected chi connectivity index (χ4v) is 4.12. The molecule has 1 saturated carbocycles. The lowest BCUT2D eigenvalue weighted by Gasteiger charge is -2.42. The summed E-state index contributed by atoms with van der Waals surface area (Å²) in [5.74, 6) is 2.10. The molecule has 1 heteroatoms. The molecule has 0 bridgehead atoms. The first-order chi connectivity index (χ1) is 8.88. The quantitative estimate of drug-likeness (QED) is 0.790. The second kappa shape index (κ2) is 3.83. The van der Waals surface area contributed by atoms with Crippen LogP contribution in [-0.4, -0.2) is 5.11 Å². The van der Waals surface area contributed by atoms with Crippen molar-refractivity contribution in [3.63, 3.8) is 0 Å². The van der Waals surface area contributed by atoms with Crippen LogP contribution in [0.1, 0.15) is 47.4 Å². The summed E-state index contributed by atoms with van der Waals surface area (Å²) >= 11 is 0. The van der Waals surface area contributed by atoms with E-state index in [-0.39, 0.29) is 6.61 Å². The zero-order valence-electron chi connectivity index (χ0n) is 10.5. The van der Waals surface area contributed by atoms with E-state index in [2.05, 4.69) is 36.4 Å². The first kappa shape index (κ1) is 10.6. The Balaban J connectivity index is 1.97. The smallest absolute Gasteiger partial charge is 0.0687 e. The average molecular weight is 238 g/mol. The highest BCUT2D eigenvalue weighted by atomic mass is 16.3. The van der Waals surface area contributed by atoms with E-state index in [0.717, 1.165) is 5.56 Å². The van der Waals surface area contributed by atoms with E-state index in [4.69, 9.17) is 0 Å². The number of benzene rings is 1. The molecule has 1 N–H and O–H groups in total. The summed E-state index contributed by atoms with van der Waals surface area (Å²) in [5, 5.41) is 9.51. The van der Waals surface area contributed by atoms with Crippen molar-refractivity contribution in [3.05, 3.63) is 46.5 Å². The number of allylic oxidation sites excluding steroid dienone is 2. The van der Waals surface area contributed by atoms with Crippen molar-refractivity contribution < 1.29 is 5.11 Å². The number of hydrogen-bond donors (Lipinski definition) is 1. The molecule has 1 aromatic carbocycles. The minimum atomic E-state index is 0.152. The third kappa shape index (κ3) is 1.31. The molecule has 3 aliphatic carbocycles. The lowest BCUT2D eigenvalue weighted by molar-refractivity contribution is 0.277. The normalized spacial score (nSPS) is 31.3. The van der Waals surface area contributed by atoms with Crippen molar-refractivity contribution in [3.8, 4) is 0 Å². The molecule has 1 aromatic rings. The van der Waals surface area contributed by atoms with Gasteiger partial charge in [0, 0.05) is 0 Å². The summed E-state index contributed by atoms with van der Waals surface area (Å²) in [5.41, 5.74) is 5.27. The van der Waals surface area contributed by atoms with Gasteiger partial charge in [0.25, 0.3) is 0 Å². The molecule has 3 atom stereocenters. The van der Waals surface area contributed by atoms with Crippen LogP contribution >= 0.6 is 0 Å². The Hall–Kier alpha value is -1.34. The third-order valence-corrected chi connectivity index (χ3v) is 4.95. The highest BCUT2D eigenvalue weighted by molar-refractivity contribution is 5.72. The van der Waals surface area contributed by atoms with Crippen molar-refractivity contribution in [2.75, 3.05) is 0 Å². The maximum atomic E-state index is 9.51. The van der Waals surface area contributed by atoms with Crippen LogP contribution in [0.3, 0.4) is 0 Å². The molecule has 0 aromatic heterocycles. The van der Waals surface area contributed by atoms with Crippen molar-refractivity contribution in [1.82, 2.24) is 0 Å². The van der Waals surface area contributed by atoms with Gasteiger partial charge in [-0.25, -0.2) is 0 Å². The largest absolute Gasteiger partial charge is 0.392 e. The molecular formula is C17H18O. The van der Waals surface area contributed by atoms with Gasteiger partial charge in [-0.2, -0.15) is 0 Å². The van der Waals surface area contributed by atoms with E-state index in [1.807, 2.05) is 0 Å². The summed E-state index contributed by atoms with van der Waals surface area (Å²) in [6.07, 6.45) is 13.4. The number of aliphatic hydroxyl groups excluding tert-OH is 1. The molecule has 1 fully saturated rings. The van der Waals surface area contributed by atoms with Gasteiger partial charge < -0.3 is 5.11 Å². The first-order valence-electron chi connectivity index (χ1n) is 7.01. The molecule has 0 amide bonds. The molecule has 3 aliphatic rings. The Bertz CT molecular complexity index is 553. The van der Waals surface area contributed by atoms with E-state index in [9.17, 15) is 5.11 Å². The zero-order chi connectivity index (χ0) is 12.1. The summed E-state index contributed by atoms with van der Waals surface area (Å²) in [4.78, 5) is 0. The Morgan fingerprint density at radius 1 is 1.06 bits per heavy atom. The predicted octanol–water partition coefficient (Wildman–Crippen LogP) is 3.73. The van der Waals surface area contributed by atoms with Crippen molar-refractivity contribution in [1.29, 1.82) is 0 Å². The van der Waals surface area contributed by atoms with Gasteiger partial charge in [-0.15, -0.1) is 0 Å². The maximum Gasteiger partial charge on any atom is 0.0687 e. The highest BCUT2D eigenvalue weighted by Gasteiger charge is 2.38. The van der Waals surface area contributed by atoms with Crippen molar-refractivity contribution >= 4 is 12.2 Å². The Morgan fingerprint density at radius 3 is 2.61 bits per heavy atom. The summed E-state index contributed by atoms with van der Waals surface area (Å²) < 4.78 is 0. The van der Waals surface area contributed by atoms with Crippen molar-refractivity contribution in [2.45, 2.75) is 31.8 Å². The highest BCUT2D eigenvalue weighted by Crippen LogP contribution is 2.51. The van der Waals surface area contributed by atoms with Crippen LogP contribution in [-0.2, 0) is 6.61 Å². The monoisotopic (exact) mass is 238 g/mol. The van der Waals surface area contributed by atoms with Gasteiger partial charge in [0.15, 0.2) is 0 Å². The van der Waals surface area contributed by atoms with Gasteiger partial charge in [-0.1, -0.05) is 42.9 Å². The minimum absolute atomic E-state index is 0.152. The standard InChI is InChI=1S/C17H18O/c18-10-14-7-6-13-5-4-11-2-1-3-12-8-9-15(14)17(13)16(11)12/h4-9,11-12,16,18H,1-3,10H2/t11-,12+,16?/m0/s1. The number of hydrogen-bond acceptors (Lipinski definition) is 1. The van der Waals surface area contributed by atoms with Crippen molar-refractivity contribution in [2.24, 2.45) is 11.8 Å². The van der Waals surface area contributed by atoms with Gasteiger partial charge in [0.05, 0.1) is 6.61 Å². The molecule has 0 radical (unpaired) electrons. The topological polar surface area (TPSA) is 20.2 Å². The average Bonchev–Trinajstić information content (AvgIpc) is 2.44. The van der Waals surface area contributed by atoms with Crippen LogP contribution in [0.4, 0.5) is 0 Å². The lowest BCUT2D eigenvalue weighted by atomic mass is 9.62. The molecule has 92 valence electrons. The van der Waals surface area contributed by atoms with Gasteiger partial charge in [-0.3, -0.25) is 0 Å². The summed E-state index contributed by atoms with van der Waals surface area (Å²) in [6, 6.07) is 4.26. The van der Waals surface area contributed by atoms with E-state index in [1.54, 1.807) is 0 Å². The van der Waals surface area contributed by atoms with E-state index < -0.39 is 0 Å². The Labute approximate surface area is 108 Å². The predicted molar refractivity (Wildman–Crippen MR) is 74.0 cm³/mol. The van der Waals surface area contributed by atoms with Crippen LogP contribution in [0, 0.1) is 11.8 Å². The third-order valence-electron chi connectivity index (χ3n) is 4.95. The lowest BCUT2D eigenvalue weighted by Crippen LogP contribution is -2.29. The summed E-state index contributed by atoms with van der Waals surface area (Å²) in [6.45, 7) is 0.152. The van der Waals surface area contributed by atoms with Gasteiger partial charge in [-0.05, 0) is 52.8 Å². The second-order valence-corrected chi connectivity index (χ2v) is 5.80. The molecule has 0 heterocycles. The minimum Gasteiger partial charge on any atom is -0.392 e. The maximum absolute atomic E-state index is 9.51. The van der Waals surface area contributed by atoms with E-state index in [1.165, 1.54) is 36.0 Å². The van der Waals surface area contributed by atoms with Crippen LogP contribution in [0.15, 0.2) is 24.3 Å². The van der Waals surface area contributed by atoms with E-state index in [0.29, 0.717) is 17.8 Å². The molecule has 1 unspecified atom stereocenters. The fraction of sp³-hybridized carbons (Fsp3) is 0.412. The molecule has 0 aliphatic heterocycles. The Kier molecular flexibility index (Phi) is 2.25. The first-order valence-corrected chi connectivity index (χ1v) is 7.01. The second-order valence-electron chi connectivity index (χ2n) is 5.80. The van der Waals surface area contributed by atoms with Crippen LogP contribution in [0.2, 0.25) is 0 Å². The Morgan fingerprint density at radius 2 is 1.83 bits per heavy atom. The summed E-state index contributed by atoms with van der Waals surface area (Å²) in [7, 11) is 0. The van der Waals surface area contributed by atoms with Crippen LogP contribution in [0.25, 0.3) is 12.2 Å². The fourth-order valence-electron chi connectivity index (χ4n) is 4.12. The van der Waals surface area contributed by atoms with E-state index >= 15 is 0 Å². The molecule has 4 rings (SSSR count). The molecule has 0 spiro atoms. The van der Waals surface area contributed by atoms with Crippen LogP contribution in [0.5, 0.6) is 0 Å². The molecule has 18 heavy (non-hydrogen) atoms. The van der Waals surface area contributed by atoms with Crippen LogP contribution < -0.4 is 0 Å². The van der Waals surface area contributed by atoms with Gasteiger partial charge in [0.1, 0.15) is 0 Å². The van der Waals surface area contributed by atoms with Gasteiger partial charge >= 0.3 is 0 Å². The van der Waals surface area contributed by atoms with Gasteiger partial charge in [0.2, 0.25) is 0 Å². The number of aliphatic hydroxyl groups is 1.